The Balaban J connectivity index is 1.47. The molecule has 0 saturated carbocycles. The van der Waals surface area contributed by atoms with Gasteiger partial charge in [0.15, 0.2) is 0 Å². The number of benzene rings is 2. The number of nitrogens with zero attached hydrogens (tertiary/aromatic N) is 2. The summed E-state index contributed by atoms with van der Waals surface area (Å²) in [5, 5.41) is 22.1. The molecule has 0 bridgehead atoms. The van der Waals surface area contributed by atoms with Gasteiger partial charge in [0.05, 0.1) is 6.42 Å². The first-order valence-corrected chi connectivity index (χ1v) is 10.9. The normalized spacial score (nSPS) is 15.3. The van der Waals surface area contributed by atoms with Crippen LogP contribution in [-0.2, 0) is 14.4 Å². The monoisotopic (exact) mass is 468 g/mol. The number of carboxylic acid groups (broad SMARTS) is 2. The predicted octanol–water partition coefficient (Wildman–Crippen LogP) is 3.06. The van der Waals surface area contributed by atoms with E-state index in [1.54, 1.807) is 36.5 Å². The van der Waals surface area contributed by atoms with Crippen molar-refractivity contribution in [2.75, 3.05) is 36.4 Å². The molecule has 4 rings (SSSR count). The molecule has 1 aromatic heterocycles. The fraction of sp³-hybridized carbons (Fsp3) is 0.292. The second kappa shape index (κ2) is 9.92. The SMILES string of the molecule is O=C(O)CCC(=O)Nc1ccc2c([C@H](C(=O)O)N3CCN(c4ccc(F)cc4)CC3)c[nH]c2c1. The number of H-pyrrole nitrogens is 1. The number of anilines is 2. The summed E-state index contributed by atoms with van der Waals surface area (Å²) in [5.41, 5.74) is 2.69. The Kier molecular flexibility index (Phi) is 6.78. The van der Waals surface area contributed by atoms with Crippen LogP contribution in [0.25, 0.3) is 10.9 Å². The lowest BCUT2D eigenvalue weighted by Gasteiger charge is -2.38. The third-order valence-electron chi connectivity index (χ3n) is 5.96. The number of halogens is 1. The minimum Gasteiger partial charge on any atom is -0.481 e. The van der Waals surface area contributed by atoms with Crippen LogP contribution in [0, 0.1) is 5.82 Å². The lowest BCUT2D eigenvalue weighted by Crippen LogP contribution is -2.49. The third kappa shape index (κ3) is 5.18. The van der Waals surface area contributed by atoms with Crippen molar-refractivity contribution in [3.63, 3.8) is 0 Å². The van der Waals surface area contributed by atoms with Crippen LogP contribution in [-0.4, -0.2) is 64.1 Å². The molecule has 3 aromatic rings. The number of amides is 1. The molecule has 178 valence electrons. The lowest BCUT2D eigenvalue weighted by atomic mass is 10.0. The Morgan fingerprint density at radius 3 is 2.35 bits per heavy atom. The molecule has 1 saturated heterocycles. The number of hydrogen-bond acceptors (Lipinski definition) is 5. The second-order valence-electron chi connectivity index (χ2n) is 8.19. The van der Waals surface area contributed by atoms with Gasteiger partial charge in [-0.15, -0.1) is 0 Å². The van der Waals surface area contributed by atoms with E-state index in [1.165, 1.54) is 12.1 Å². The summed E-state index contributed by atoms with van der Waals surface area (Å²) in [6, 6.07) is 10.5. The number of hydrogen-bond donors (Lipinski definition) is 4. The maximum absolute atomic E-state index is 13.2. The summed E-state index contributed by atoms with van der Waals surface area (Å²) in [4.78, 5) is 41.9. The molecular formula is C24H25FN4O5. The van der Waals surface area contributed by atoms with E-state index in [0.29, 0.717) is 42.9 Å². The van der Waals surface area contributed by atoms with Gasteiger partial charge < -0.3 is 25.4 Å². The summed E-state index contributed by atoms with van der Waals surface area (Å²) in [5.74, 6) is -2.70. The smallest absolute Gasteiger partial charge is 0.325 e. The first-order valence-electron chi connectivity index (χ1n) is 10.9. The van der Waals surface area contributed by atoms with Crippen LogP contribution in [0.5, 0.6) is 0 Å². The molecule has 0 spiro atoms. The number of nitrogens with one attached hydrogen (secondary N) is 2. The van der Waals surface area contributed by atoms with Crippen molar-refractivity contribution in [3.05, 3.63) is 60.0 Å². The number of carbonyl (C=O) groups excluding carboxylic acids is 1. The average Bonchev–Trinajstić information content (AvgIpc) is 3.21. The number of aliphatic carboxylic acids is 2. The summed E-state index contributed by atoms with van der Waals surface area (Å²) in [7, 11) is 0. The molecule has 34 heavy (non-hydrogen) atoms. The highest BCUT2D eigenvalue weighted by molar-refractivity contribution is 5.96. The highest BCUT2D eigenvalue weighted by Crippen LogP contribution is 2.31. The molecule has 2 aromatic carbocycles. The molecule has 9 nitrogen and oxygen atoms in total. The molecule has 0 aliphatic carbocycles. The summed E-state index contributed by atoms with van der Waals surface area (Å²) < 4.78 is 13.2. The zero-order valence-corrected chi connectivity index (χ0v) is 18.3. The summed E-state index contributed by atoms with van der Waals surface area (Å²) in [6.45, 7) is 2.28. The molecule has 1 aliphatic rings. The Bertz CT molecular complexity index is 1200. The lowest BCUT2D eigenvalue weighted by molar-refractivity contribution is -0.143. The van der Waals surface area contributed by atoms with Crippen LogP contribution in [0.15, 0.2) is 48.7 Å². The van der Waals surface area contributed by atoms with Crippen molar-refractivity contribution in [1.82, 2.24) is 9.88 Å². The van der Waals surface area contributed by atoms with Gasteiger partial charge in [-0.2, -0.15) is 0 Å². The fourth-order valence-electron chi connectivity index (χ4n) is 4.27. The maximum Gasteiger partial charge on any atom is 0.325 e. The topological polar surface area (TPSA) is 126 Å². The Hall–Kier alpha value is -3.92. The van der Waals surface area contributed by atoms with E-state index < -0.39 is 23.9 Å². The average molecular weight is 468 g/mol. The van der Waals surface area contributed by atoms with E-state index in [-0.39, 0.29) is 18.7 Å². The molecule has 1 fully saturated rings. The first-order chi connectivity index (χ1) is 16.3. The molecule has 1 aliphatic heterocycles. The van der Waals surface area contributed by atoms with Crippen LogP contribution < -0.4 is 10.2 Å². The third-order valence-corrected chi connectivity index (χ3v) is 5.96. The van der Waals surface area contributed by atoms with Crippen LogP contribution in [0.3, 0.4) is 0 Å². The standard InChI is InChI=1S/C24H25FN4O5/c25-15-1-4-17(5-2-15)28-9-11-29(12-10-28)23(24(33)34)19-14-26-20-13-16(3-6-18(19)20)27-21(30)7-8-22(31)32/h1-6,13-14,23,26H,7-12H2,(H,27,30)(H,31,32)(H,33,34)/t23-/m1/s1. The Morgan fingerprint density at radius 1 is 1.00 bits per heavy atom. The summed E-state index contributed by atoms with van der Waals surface area (Å²) >= 11 is 0. The highest BCUT2D eigenvalue weighted by atomic mass is 19.1. The van der Waals surface area contributed by atoms with Crippen molar-refractivity contribution in [1.29, 1.82) is 0 Å². The summed E-state index contributed by atoms with van der Waals surface area (Å²) in [6.07, 6.45) is 1.29. The largest absolute Gasteiger partial charge is 0.481 e. The zero-order valence-electron chi connectivity index (χ0n) is 18.3. The second-order valence-corrected chi connectivity index (χ2v) is 8.19. The minimum absolute atomic E-state index is 0.131. The maximum atomic E-state index is 13.2. The molecule has 4 N–H and O–H groups in total. The van der Waals surface area contributed by atoms with Gasteiger partial charge in [0.25, 0.3) is 0 Å². The van der Waals surface area contributed by atoms with Crippen LogP contribution in [0.2, 0.25) is 0 Å². The van der Waals surface area contributed by atoms with Gasteiger partial charge in [0.2, 0.25) is 5.91 Å². The number of fused-ring (bicyclic) bond motifs is 1. The molecule has 10 heteroatoms. The van der Waals surface area contributed by atoms with Gasteiger partial charge in [-0.3, -0.25) is 19.3 Å². The van der Waals surface area contributed by atoms with E-state index in [2.05, 4.69) is 15.2 Å². The van der Waals surface area contributed by atoms with E-state index in [0.717, 1.165) is 11.1 Å². The van der Waals surface area contributed by atoms with Crippen LogP contribution in [0.4, 0.5) is 15.8 Å². The minimum atomic E-state index is -1.04. The van der Waals surface area contributed by atoms with Crippen LogP contribution >= 0.6 is 0 Å². The van der Waals surface area contributed by atoms with Crippen molar-refractivity contribution in [3.8, 4) is 0 Å². The van der Waals surface area contributed by atoms with E-state index in [4.69, 9.17) is 5.11 Å². The van der Waals surface area contributed by atoms with E-state index in [9.17, 15) is 23.9 Å². The first kappa shape index (κ1) is 23.2. The molecule has 1 amide bonds. The highest BCUT2D eigenvalue weighted by Gasteiger charge is 2.32. The molecule has 0 radical (unpaired) electrons. The molecule has 1 atom stereocenters. The number of carboxylic acids is 2. The Labute approximate surface area is 194 Å². The van der Waals surface area contributed by atoms with Gasteiger partial charge in [-0.05, 0) is 36.4 Å². The van der Waals surface area contributed by atoms with Gasteiger partial charge in [-0.1, -0.05) is 6.07 Å². The quantitative estimate of drug-likeness (QED) is 0.400. The van der Waals surface area contributed by atoms with E-state index in [1.807, 2.05) is 4.90 Å². The zero-order chi connectivity index (χ0) is 24.2. The van der Waals surface area contributed by atoms with Gasteiger partial charge in [-0.25, -0.2) is 4.39 Å². The van der Waals surface area contributed by atoms with E-state index >= 15 is 0 Å². The van der Waals surface area contributed by atoms with Crippen molar-refractivity contribution in [2.45, 2.75) is 18.9 Å². The molecular weight excluding hydrogens is 443 g/mol. The number of aromatic nitrogens is 1. The number of piperazine rings is 1. The molecule has 2 heterocycles. The van der Waals surface area contributed by atoms with Gasteiger partial charge in [0.1, 0.15) is 11.9 Å². The fourth-order valence-corrected chi connectivity index (χ4v) is 4.27. The van der Waals surface area contributed by atoms with Crippen molar-refractivity contribution in [2.24, 2.45) is 0 Å². The predicted molar refractivity (Wildman–Crippen MR) is 124 cm³/mol. The van der Waals surface area contributed by atoms with Gasteiger partial charge in [0, 0.05) is 66.6 Å². The Morgan fingerprint density at radius 2 is 1.71 bits per heavy atom. The van der Waals surface area contributed by atoms with Crippen molar-refractivity contribution < 1.29 is 29.0 Å². The van der Waals surface area contributed by atoms with Gasteiger partial charge >= 0.3 is 11.9 Å². The van der Waals surface area contributed by atoms with Crippen LogP contribution in [0.1, 0.15) is 24.4 Å². The number of aromatic amines is 1. The van der Waals surface area contributed by atoms with Crippen molar-refractivity contribution >= 4 is 40.1 Å². The number of rotatable bonds is 8. The number of carbonyl (C=O) groups is 3. The molecule has 0 unspecified atom stereocenters.